The molecular weight excluding hydrogens is 606 g/mol. The van der Waals surface area contributed by atoms with E-state index in [1.807, 2.05) is 0 Å². The van der Waals surface area contributed by atoms with Crippen LogP contribution in [0.4, 0.5) is 0 Å². The second-order valence-electron chi connectivity index (χ2n) is 13.7. The summed E-state index contributed by atoms with van der Waals surface area (Å²) in [6.07, 6.45) is 16.7. The molecule has 0 aromatic rings. The molecule has 0 unspecified atom stereocenters. The van der Waals surface area contributed by atoms with E-state index in [2.05, 4.69) is 12.2 Å². The monoisotopic (exact) mass is 678 g/mol. The Hall–Kier alpha value is -0.890. The fourth-order valence-corrected chi connectivity index (χ4v) is 6.22. The van der Waals surface area contributed by atoms with E-state index in [9.17, 15) is 35.4 Å². The third-order valence-electron chi connectivity index (χ3n) is 9.45. The molecule has 8 N–H and O–H groups in total. The highest BCUT2D eigenvalue weighted by Gasteiger charge is 2.52. The number of hydrogen-bond donors (Lipinski definition) is 8. The number of rotatable bonds is 31. The molecule has 0 aromatic carbocycles. The third kappa shape index (κ3) is 19.2. The molecule has 0 aromatic heterocycles. The largest absolute Gasteiger partial charge is 0.396 e. The quantitative estimate of drug-likeness (QED) is 0.0498. The number of nitrogens with one attached hydrogen (secondary N) is 1. The molecule has 1 fully saturated rings. The highest BCUT2D eigenvalue weighted by atomic mass is 16.7. The number of aliphatic hydroxyl groups is 7. The average Bonchev–Trinajstić information content (AvgIpc) is 3.07. The summed E-state index contributed by atoms with van der Waals surface area (Å²) in [4.78, 5) is 12.8. The van der Waals surface area contributed by atoms with Gasteiger partial charge in [0.05, 0.1) is 32.0 Å². The number of hydrogen-bond acceptors (Lipinski definition) is 10. The zero-order chi connectivity index (χ0) is 34.8. The van der Waals surface area contributed by atoms with Gasteiger partial charge in [-0.25, -0.2) is 0 Å². The molecule has 47 heavy (non-hydrogen) atoms. The Morgan fingerprint density at radius 2 is 1.28 bits per heavy atom. The maximum absolute atomic E-state index is 12.8. The Kier molecular flexibility index (Phi) is 26.2. The summed E-state index contributed by atoms with van der Waals surface area (Å²) in [7, 11) is 0. The van der Waals surface area contributed by atoms with Crippen molar-refractivity contribution in [2.75, 3.05) is 26.4 Å². The third-order valence-corrected chi connectivity index (χ3v) is 9.45. The van der Waals surface area contributed by atoms with Crippen LogP contribution >= 0.6 is 0 Å². The summed E-state index contributed by atoms with van der Waals surface area (Å²) in [6.45, 7) is 0.844. The van der Waals surface area contributed by atoms with Crippen molar-refractivity contribution >= 4 is 5.91 Å². The number of aliphatic hydroxyl groups excluding tert-OH is 6. The lowest BCUT2D eigenvalue weighted by Gasteiger charge is -2.44. The lowest BCUT2D eigenvalue weighted by Crippen LogP contribution is -2.66. The molecule has 1 saturated heterocycles. The second-order valence-corrected chi connectivity index (χ2v) is 13.7. The van der Waals surface area contributed by atoms with Gasteiger partial charge in [0.15, 0.2) is 11.9 Å². The Labute approximate surface area is 284 Å². The molecule has 1 heterocycles. The number of unbranched alkanes of at least 4 members (excludes halogenated alkanes) is 19. The minimum absolute atomic E-state index is 0.247. The Morgan fingerprint density at radius 1 is 0.787 bits per heavy atom. The molecule has 1 aliphatic rings. The first-order chi connectivity index (χ1) is 22.7. The van der Waals surface area contributed by atoms with Gasteiger partial charge in [-0.3, -0.25) is 4.79 Å². The highest BCUT2D eigenvalue weighted by molar-refractivity contribution is 5.76. The summed E-state index contributed by atoms with van der Waals surface area (Å²) in [5.74, 6) is -0.295. The van der Waals surface area contributed by atoms with Gasteiger partial charge in [0.1, 0.15) is 18.3 Å². The molecular formula is C36H71NO10. The smallest absolute Gasteiger partial charge is 0.220 e. The first kappa shape index (κ1) is 44.1. The zero-order valence-electron chi connectivity index (χ0n) is 29.4. The molecule has 1 rings (SSSR count). The molecule has 11 heteroatoms. The van der Waals surface area contributed by atoms with Crippen molar-refractivity contribution in [2.45, 2.75) is 197 Å². The van der Waals surface area contributed by atoms with Crippen LogP contribution < -0.4 is 5.32 Å². The number of carbonyl (C=O) groups excluding carboxylic acids is 1. The van der Waals surface area contributed by atoms with E-state index in [0.29, 0.717) is 12.8 Å². The van der Waals surface area contributed by atoms with Gasteiger partial charge < -0.3 is 50.5 Å². The predicted octanol–water partition coefficient (Wildman–Crippen LogP) is 4.00. The van der Waals surface area contributed by atoms with E-state index in [1.54, 1.807) is 0 Å². The molecule has 0 spiro atoms. The molecule has 0 saturated carbocycles. The fraction of sp³-hybridized carbons (Fsp3) is 0.972. The van der Waals surface area contributed by atoms with Gasteiger partial charge in [0.2, 0.25) is 5.91 Å². The number of ether oxygens (including phenoxy) is 2. The summed E-state index contributed by atoms with van der Waals surface area (Å²) < 4.78 is 11.0. The highest BCUT2D eigenvalue weighted by Crippen LogP contribution is 2.27. The summed E-state index contributed by atoms with van der Waals surface area (Å²) >= 11 is 0. The van der Waals surface area contributed by atoms with Crippen LogP contribution in [-0.4, -0.2) is 110 Å². The lowest BCUT2D eigenvalue weighted by molar-refractivity contribution is -0.325. The predicted molar refractivity (Wildman–Crippen MR) is 183 cm³/mol. The van der Waals surface area contributed by atoms with Gasteiger partial charge in [-0.15, -0.1) is 0 Å². The van der Waals surface area contributed by atoms with E-state index in [4.69, 9.17) is 14.6 Å². The summed E-state index contributed by atoms with van der Waals surface area (Å²) in [5, 5.41) is 74.1. The van der Waals surface area contributed by atoms with Gasteiger partial charge in [-0.1, -0.05) is 129 Å². The van der Waals surface area contributed by atoms with Crippen LogP contribution in [0.3, 0.4) is 0 Å². The number of carbonyl (C=O) groups is 1. The normalized spacial score (nSPS) is 23.4. The molecule has 0 bridgehead atoms. The van der Waals surface area contributed by atoms with E-state index in [1.165, 1.54) is 51.4 Å². The molecule has 1 amide bonds. The summed E-state index contributed by atoms with van der Waals surface area (Å²) in [5.41, 5.74) is -2.30. The van der Waals surface area contributed by atoms with Crippen molar-refractivity contribution in [1.82, 2.24) is 5.32 Å². The summed E-state index contributed by atoms with van der Waals surface area (Å²) in [6, 6.07) is -1.02. The molecule has 0 aliphatic carbocycles. The van der Waals surface area contributed by atoms with Crippen LogP contribution in [0.2, 0.25) is 0 Å². The van der Waals surface area contributed by atoms with E-state index < -0.39 is 49.0 Å². The van der Waals surface area contributed by atoms with E-state index in [-0.39, 0.29) is 32.1 Å². The lowest BCUT2D eigenvalue weighted by atomic mass is 9.90. The van der Waals surface area contributed by atoms with Crippen LogP contribution in [-0.2, 0) is 14.3 Å². The molecule has 0 radical (unpaired) electrons. The second kappa shape index (κ2) is 27.9. The van der Waals surface area contributed by atoms with Gasteiger partial charge in [-0.05, 0) is 19.3 Å². The van der Waals surface area contributed by atoms with Crippen LogP contribution in [0, 0.1) is 0 Å². The Bertz CT molecular complexity index is 747. The molecule has 11 nitrogen and oxygen atoms in total. The van der Waals surface area contributed by atoms with Crippen LogP contribution in [0.25, 0.3) is 0 Å². The zero-order valence-corrected chi connectivity index (χ0v) is 29.4. The van der Waals surface area contributed by atoms with Crippen molar-refractivity contribution in [3.8, 4) is 0 Å². The minimum atomic E-state index is -2.30. The van der Waals surface area contributed by atoms with Crippen LogP contribution in [0.1, 0.15) is 155 Å². The van der Waals surface area contributed by atoms with E-state index >= 15 is 0 Å². The standard InChI is InChI=1S/C36H71NO10/c1-2-3-4-5-6-7-8-9-11-14-17-20-23-30(40)33(43)29(26-46-35-36(45,28-39)34(44)31(41)27-47-35)37-32(42)24-21-18-15-12-10-13-16-19-22-25-38/h29-31,33-35,38-41,43-45H,2-28H2,1H3,(H,37,42)/t29-,30+,31+,33-,34-,35-,36+/m0/s1. The van der Waals surface area contributed by atoms with Crippen molar-refractivity contribution < 1.29 is 50.0 Å². The first-order valence-electron chi connectivity index (χ1n) is 18.9. The van der Waals surface area contributed by atoms with Crippen LogP contribution in [0.5, 0.6) is 0 Å². The SMILES string of the molecule is CCCCCCCCCCCCCC[C@@H](O)[C@@H](O)[C@H](CO[C@H]1OC[C@@H](O)[C@H](O)[C@]1(O)CO)NC(=O)CCCCCCCCCCCO. The Balaban J connectivity index is 2.52. The topological polar surface area (TPSA) is 189 Å². The van der Waals surface area contributed by atoms with Gasteiger partial charge in [0.25, 0.3) is 0 Å². The molecule has 280 valence electrons. The van der Waals surface area contributed by atoms with E-state index in [0.717, 1.165) is 77.0 Å². The molecule has 1 aliphatic heterocycles. The maximum Gasteiger partial charge on any atom is 0.220 e. The Morgan fingerprint density at radius 3 is 1.79 bits per heavy atom. The molecule has 7 atom stereocenters. The first-order valence-corrected chi connectivity index (χ1v) is 18.9. The van der Waals surface area contributed by atoms with Gasteiger partial charge in [-0.2, -0.15) is 0 Å². The van der Waals surface area contributed by atoms with Crippen LogP contribution in [0.15, 0.2) is 0 Å². The average molecular weight is 678 g/mol. The fourth-order valence-electron chi connectivity index (χ4n) is 6.22. The number of amides is 1. The van der Waals surface area contributed by atoms with Crippen molar-refractivity contribution in [1.29, 1.82) is 0 Å². The van der Waals surface area contributed by atoms with Gasteiger partial charge in [0, 0.05) is 13.0 Å². The minimum Gasteiger partial charge on any atom is -0.396 e. The van der Waals surface area contributed by atoms with Crippen molar-refractivity contribution in [3.63, 3.8) is 0 Å². The van der Waals surface area contributed by atoms with Gasteiger partial charge >= 0.3 is 0 Å². The van der Waals surface area contributed by atoms with Crippen molar-refractivity contribution in [2.24, 2.45) is 0 Å². The maximum atomic E-state index is 12.8. The van der Waals surface area contributed by atoms with Crippen molar-refractivity contribution in [3.05, 3.63) is 0 Å².